The lowest BCUT2D eigenvalue weighted by molar-refractivity contribution is 0.237. The average molecular weight is 275 g/mol. The quantitative estimate of drug-likeness (QED) is 0.782. The zero-order chi connectivity index (χ0) is 14.2. The first-order valence-electron chi connectivity index (χ1n) is 7.71. The van der Waals surface area contributed by atoms with Crippen LogP contribution in [0.2, 0.25) is 0 Å². The van der Waals surface area contributed by atoms with Crippen molar-refractivity contribution in [2.24, 2.45) is 5.92 Å². The minimum Gasteiger partial charge on any atom is -0.338 e. The van der Waals surface area contributed by atoms with Crippen LogP contribution in [0.25, 0.3) is 0 Å². The van der Waals surface area contributed by atoms with Gasteiger partial charge in [0, 0.05) is 12.7 Å². The molecule has 1 fully saturated rings. The maximum Gasteiger partial charge on any atom is 0.315 e. The summed E-state index contributed by atoms with van der Waals surface area (Å²) in [6, 6.07) is 5.56. The minimum absolute atomic E-state index is 0.0639. The van der Waals surface area contributed by atoms with E-state index in [0.717, 1.165) is 24.6 Å². The summed E-state index contributed by atoms with van der Waals surface area (Å²) in [4.78, 5) is 16.0. The lowest BCUT2D eigenvalue weighted by Gasteiger charge is -2.14. The molecule has 2 N–H and O–H groups in total. The predicted molar refractivity (Wildman–Crippen MR) is 80.4 cm³/mol. The highest BCUT2D eigenvalue weighted by Crippen LogP contribution is 2.28. The number of rotatable bonds is 6. The van der Waals surface area contributed by atoms with E-state index in [2.05, 4.69) is 15.6 Å². The Morgan fingerprint density at radius 2 is 2.20 bits per heavy atom. The van der Waals surface area contributed by atoms with Gasteiger partial charge in [-0.05, 0) is 37.8 Å². The molecule has 4 heteroatoms. The van der Waals surface area contributed by atoms with E-state index >= 15 is 0 Å². The van der Waals surface area contributed by atoms with Crippen LogP contribution < -0.4 is 10.6 Å². The monoisotopic (exact) mass is 275 g/mol. The maximum atomic E-state index is 11.8. The molecule has 4 nitrogen and oxygen atoms in total. The lowest BCUT2D eigenvalue weighted by atomic mass is 10.0. The van der Waals surface area contributed by atoms with Crippen LogP contribution >= 0.6 is 0 Å². The molecular formula is C16H25N3O. The maximum absolute atomic E-state index is 11.8. The number of nitrogens with one attached hydrogen (secondary N) is 2. The number of carbonyl (C=O) groups excluding carboxylic acids is 1. The topological polar surface area (TPSA) is 54.0 Å². The van der Waals surface area contributed by atoms with Crippen molar-refractivity contribution in [3.63, 3.8) is 0 Å². The summed E-state index contributed by atoms with van der Waals surface area (Å²) in [5, 5.41) is 5.84. The highest BCUT2D eigenvalue weighted by atomic mass is 16.2. The number of amides is 2. The Bertz CT molecular complexity index is 401. The third kappa shape index (κ3) is 4.83. The van der Waals surface area contributed by atoms with Gasteiger partial charge in [0.05, 0.1) is 11.7 Å². The fraction of sp³-hybridized carbons (Fsp3) is 0.625. The molecule has 1 saturated carbocycles. The summed E-state index contributed by atoms with van der Waals surface area (Å²) < 4.78 is 0. The Morgan fingerprint density at radius 3 is 2.90 bits per heavy atom. The predicted octanol–water partition coefficient (Wildman–Crippen LogP) is 3.41. The van der Waals surface area contributed by atoms with Crippen molar-refractivity contribution < 1.29 is 4.79 Å². The Labute approximate surface area is 121 Å². The molecule has 0 unspecified atom stereocenters. The van der Waals surface area contributed by atoms with Gasteiger partial charge in [0.15, 0.2) is 0 Å². The molecule has 1 aromatic heterocycles. The van der Waals surface area contributed by atoms with E-state index in [4.69, 9.17) is 0 Å². The number of hydrogen-bond donors (Lipinski definition) is 2. The Hall–Kier alpha value is -1.58. The van der Waals surface area contributed by atoms with Gasteiger partial charge in [-0.1, -0.05) is 31.7 Å². The van der Waals surface area contributed by atoms with Crippen molar-refractivity contribution in [1.82, 2.24) is 15.6 Å². The molecule has 20 heavy (non-hydrogen) atoms. The van der Waals surface area contributed by atoms with E-state index in [1.807, 2.05) is 25.1 Å². The second kappa shape index (κ2) is 7.88. The zero-order valence-electron chi connectivity index (χ0n) is 12.3. The smallest absolute Gasteiger partial charge is 0.315 e. The van der Waals surface area contributed by atoms with Crippen LogP contribution in [-0.4, -0.2) is 17.6 Å². The second-order valence-electron chi connectivity index (χ2n) is 5.67. The lowest BCUT2D eigenvalue weighted by Crippen LogP contribution is -2.37. The first kappa shape index (κ1) is 14.8. The molecule has 1 heterocycles. The molecule has 1 aliphatic carbocycles. The average Bonchev–Trinajstić information content (AvgIpc) is 2.98. The van der Waals surface area contributed by atoms with Crippen molar-refractivity contribution in [1.29, 1.82) is 0 Å². The summed E-state index contributed by atoms with van der Waals surface area (Å²) in [5.41, 5.74) is 0.883. The molecule has 1 aromatic rings. The van der Waals surface area contributed by atoms with Gasteiger partial charge >= 0.3 is 6.03 Å². The molecule has 0 spiro atoms. The third-order valence-electron chi connectivity index (χ3n) is 4.03. The number of aromatic nitrogens is 1. The van der Waals surface area contributed by atoms with Crippen LogP contribution in [0.4, 0.5) is 4.79 Å². The van der Waals surface area contributed by atoms with Gasteiger partial charge in [-0.15, -0.1) is 0 Å². The highest BCUT2D eigenvalue weighted by Gasteiger charge is 2.14. The molecule has 110 valence electrons. The van der Waals surface area contributed by atoms with Gasteiger partial charge in [0.2, 0.25) is 0 Å². The van der Waals surface area contributed by atoms with Crippen molar-refractivity contribution >= 4 is 6.03 Å². The molecule has 0 bridgehead atoms. The molecule has 0 aliphatic heterocycles. The molecule has 2 amide bonds. The van der Waals surface area contributed by atoms with Crippen molar-refractivity contribution in [3.05, 3.63) is 30.1 Å². The number of carbonyl (C=O) groups is 1. The highest BCUT2D eigenvalue weighted by molar-refractivity contribution is 5.74. The first-order chi connectivity index (χ1) is 9.75. The standard InChI is InChI=1S/C16H25N3O/c1-13(15-10-4-5-11-17-15)19-16(20)18-12-6-9-14-7-2-3-8-14/h4-5,10-11,13-14H,2-3,6-9,12H2,1H3,(H2,18,19,20)/t13-/m0/s1. The Balaban J connectivity index is 1.60. The van der Waals surface area contributed by atoms with Crippen molar-refractivity contribution in [2.45, 2.75) is 51.5 Å². The van der Waals surface area contributed by atoms with E-state index in [9.17, 15) is 4.79 Å². The van der Waals surface area contributed by atoms with E-state index in [-0.39, 0.29) is 12.1 Å². The van der Waals surface area contributed by atoms with E-state index < -0.39 is 0 Å². The van der Waals surface area contributed by atoms with Crippen molar-refractivity contribution in [2.75, 3.05) is 6.54 Å². The summed E-state index contributed by atoms with van der Waals surface area (Å²) in [6.07, 6.45) is 9.60. The van der Waals surface area contributed by atoms with Gasteiger partial charge in [0.1, 0.15) is 0 Å². The SMILES string of the molecule is C[C@H](NC(=O)NCCCC1CCCC1)c1ccccn1. The van der Waals surface area contributed by atoms with E-state index in [1.165, 1.54) is 32.1 Å². The summed E-state index contributed by atoms with van der Waals surface area (Å²) in [6.45, 7) is 2.71. The number of pyridine rings is 1. The molecule has 0 saturated heterocycles. The van der Waals surface area contributed by atoms with Crippen LogP contribution in [0.5, 0.6) is 0 Å². The van der Waals surface area contributed by atoms with Gasteiger partial charge in [-0.25, -0.2) is 4.79 Å². The minimum atomic E-state index is -0.102. The molecule has 0 radical (unpaired) electrons. The molecule has 1 atom stereocenters. The molecule has 0 aromatic carbocycles. The van der Waals surface area contributed by atoms with Crippen LogP contribution in [0.1, 0.15) is 57.2 Å². The Morgan fingerprint density at radius 1 is 1.40 bits per heavy atom. The fourth-order valence-corrected chi connectivity index (χ4v) is 2.85. The summed E-state index contributed by atoms with van der Waals surface area (Å²) >= 11 is 0. The normalized spacial score (nSPS) is 16.9. The summed E-state index contributed by atoms with van der Waals surface area (Å²) in [7, 11) is 0. The van der Waals surface area contributed by atoms with Crippen LogP contribution in [-0.2, 0) is 0 Å². The molecular weight excluding hydrogens is 250 g/mol. The first-order valence-corrected chi connectivity index (χ1v) is 7.71. The molecule has 1 aliphatic rings. The number of urea groups is 1. The van der Waals surface area contributed by atoms with Crippen LogP contribution in [0, 0.1) is 5.92 Å². The fourth-order valence-electron chi connectivity index (χ4n) is 2.85. The van der Waals surface area contributed by atoms with Gasteiger partial charge in [0.25, 0.3) is 0 Å². The zero-order valence-corrected chi connectivity index (χ0v) is 12.3. The largest absolute Gasteiger partial charge is 0.338 e. The summed E-state index contributed by atoms with van der Waals surface area (Å²) in [5.74, 6) is 0.896. The van der Waals surface area contributed by atoms with E-state index in [0.29, 0.717) is 0 Å². The van der Waals surface area contributed by atoms with Gasteiger partial charge in [-0.3, -0.25) is 4.98 Å². The number of nitrogens with zero attached hydrogens (tertiary/aromatic N) is 1. The van der Waals surface area contributed by atoms with Crippen LogP contribution in [0.3, 0.4) is 0 Å². The third-order valence-corrected chi connectivity index (χ3v) is 4.03. The second-order valence-corrected chi connectivity index (χ2v) is 5.67. The van der Waals surface area contributed by atoms with Gasteiger partial charge in [-0.2, -0.15) is 0 Å². The van der Waals surface area contributed by atoms with E-state index in [1.54, 1.807) is 6.20 Å². The van der Waals surface area contributed by atoms with Gasteiger partial charge < -0.3 is 10.6 Å². The molecule has 2 rings (SSSR count). The Kier molecular flexibility index (Phi) is 5.84. The number of hydrogen-bond acceptors (Lipinski definition) is 2. The van der Waals surface area contributed by atoms with Crippen molar-refractivity contribution in [3.8, 4) is 0 Å². The van der Waals surface area contributed by atoms with Crippen LogP contribution in [0.15, 0.2) is 24.4 Å².